The third kappa shape index (κ3) is 3.51. The summed E-state index contributed by atoms with van der Waals surface area (Å²) in [5, 5.41) is 3.86. The molecule has 5 heteroatoms. The molecule has 1 aromatic heterocycles. The van der Waals surface area contributed by atoms with Gasteiger partial charge in [0.25, 0.3) is 0 Å². The van der Waals surface area contributed by atoms with E-state index in [1.54, 1.807) is 0 Å². The van der Waals surface area contributed by atoms with Crippen molar-refractivity contribution < 1.29 is 4.74 Å². The summed E-state index contributed by atoms with van der Waals surface area (Å²) in [7, 11) is 0. The highest BCUT2D eigenvalue weighted by Crippen LogP contribution is 2.35. The normalized spacial score (nSPS) is 24.1. The number of hydrogen-bond acceptors (Lipinski definition) is 5. The molecule has 0 aromatic carbocycles. The van der Waals surface area contributed by atoms with Crippen LogP contribution in [-0.2, 0) is 0 Å². The molecule has 1 saturated heterocycles. The second kappa shape index (κ2) is 6.89. The Morgan fingerprint density at radius 1 is 1.17 bits per heavy atom. The zero-order valence-corrected chi connectivity index (χ0v) is 13.9. The number of nitrogens with one attached hydrogen (secondary N) is 1. The third-order valence-corrected chi connectivity index (χ3v) is 5.70. The van der Waals surface area contributed by atoms with Crippen LogP contribution >= 0.6 is 11.8 Å². The van der Waals surface area contributed by atoms with E-state index >= 15 is 0 Å². The zero-order valence-electron chi connectivity index (χ0n) is 13.1. The van der Waals surface area contributed by atoms with Crippen molar-refractivity contribution in [2.75, 3.05) is 25.4 Å². The topological polar surface area (TPSA) is 47.0 Å². The van der Waals surface area contributed by atoms with Gasteiger partial charge in [-0.2, -0.15) is 0 Å². The summed E-state index contributed by atoms with van der Waals surface area (Å²) < 4.78 is 5.76. The van der Waals surface area contributed by atoms with Crippen LogP contribution in [-0.4, -0.2) is 40.7 Å². The molecule has 0 radical (unpaired) electrons. The van der Waals surface area contributed by atoms with Crippen LogP contribution in [0.4, 0.5) is 0 Å². The Kier molecular flexibility index (Phi) is 4.48. The number of allylic oxidation sites excluding steroid dienone is 3. The molecule has 120 valence electrons. The van der Waals surface area contributed by atoms with E-state index in [9.17, 15) is 0 Å². The highest BCUT2D eigenvalue weighted by atomic mass is 32.2. The predicted molar refractivity (Wildman–Crippen MR) is 94.6 cm³/mol. The monoisotopic (exact) mass is 327 g/mol. The number of rotatable bonds is 4. The van der Waals surface area contributed by atoms with Gasteiger partial charge in [0.1, 0.15) is 0 Å². The van der Waals surface area contributed by atoms with Crippen LogP contribution in [0, 0.1) is 5.92 Å². The Morgan fingerprint density at radius 3 is 2.83 bits per heavy atom. The van der Waals surface area contributed by atoms with Gasteiger partial charge in [0, 0.05) is 29.0 Å². The molecule has 1 atom stereocenters. The summed E-state index contributed by atoms with van der Waals surface area (Å²) in [4.78, 5) is 8.76. The molecule has 0 saturated carbocycles. The van der Waals surface area contributed by atoms with Crippen LogP contribution in [0.25, 0.3) is 5.57 Å². The lowest BCUT2D eigenvalue weighted by Gasteiger charge is -2.22. The lowest BCUT2D eigenvalue weighted by molar-refractivity contribution is 0.202. The maximum absolute atomic E-state index is 5.76. The Hall–Kier alpha value is -1.59. The number of nitrogens with zero attached hydrogens (tertiary/aromatic N) is 2. The predicted octanol–water partition coefficient (Wildman–Crippen LogP) is 2.85. The zero-order chi connectivity index (χ0) is 15.5. The smallest absolute Gasteiger partial charge is 0.316 e. The van der Waals surface area contributed by atoms with Crippen molar-refractivity contribution in [2.24, 2.45) is 5.92 Å². The SMILES string of the molecule is C1=CC2=CCSC2C=C1c1cnc(OCC2CCNCC2)nc1. The summed E-state index contributed by atoms with van der Waals surface area (Å²) >= 11 is 1.96. The first-order valence-corrected chi connectivity index (χ1v) is 9.31. The van der Waals surface area contributed by atoms with E-state index in [0.717, 1.165) is 31.0 Å². The molecule has 1 N–H and O–H groups in total. The number of fused-ring (bicyclic) bond motifs is 1. The molecule has 1 fully saturated rings. The minimum absolute atomic E-state index is 0.489. The van der Waals surface area contributed by atoms with E-state index in [-0.39, 0.29) is 0 Å². The Labute approximate surface area is 141 Å². The van der Waals surface area contributed by atoms with Crippen molar-refractivity contribution in [3.63, 3.8) is 0 Å². The molecule has 4 rings (SSSR count). The number of thioether (sulfide) groups is 1. The van der Waals surface area contributed by atoms with Gasteiger partial charge in [0.15, 0.2) is 0 Å². The first-order valence-electron chi connectivity index (χ1n) is 8.26. The molecule has 23 heavy (non-hydrogen) atoms. The summed E-state index contributed by atoms with van der Waals surface area (Å²) in [6.45, 7) is 2.89. The van der Waals surface area contributed by atoms with E-state index in [1.807, 2.05) is 24.2 Å². The average Bonchev–Trinajstić information content (AvgIpc) is 3.09. The Balaban J connectivity index is 1.38. The molecule has 0 bridgehead atoms. The van der Waals surface area contributed by atoms with Crippen LogP contribution in [0.1, 0.15) is 18.4 Å². The van der Waals surface area contributed by atoms with Crippen LogP contribution in [0.5, 0.6) is 6.01 Å². The minimum atomic E-state index is 0.489. The van der Waals surface area contributed by atoms with E-state index in [2.05, 4.69) is 39.6 Å². The summed E-state index contributed by atoms with van der Waals surface area (Å²) in [5.74, 6) is 1.72. The van der Waals surface area contributed by atoms with Gasteiger partial charge in [-0.25, -0.2) is 9.97 Å². The van der Waals surface area contributed by atoms with E-state index < -0.39 is 0 Å². The van der Waals surface area contributed by atoms with Crippen molar-refractivity contribution >= 4 is 17.3 Å². The largest absolute Gasteiger partial charge is 0.463 e. The molecule has 1 aromatic rings. The lowest BCUT2D eigenvalue weighted by atomic mass is 9.98. The Bertz CT molecular complexity index is 645. The third-order valence-electron chi connectivity index (χ3n) is 4.58. The quantitative estimate of drug-likeness (QED) is 0.921. The van der Waals surface area contributed by atoms with E-state index in [4.69, 9.17) is 4.74 Å². The van der Waals surface area contributed by atoms with Crippen LogP contribution in [0.15, 0.2) is 42.3 Å². The van der Waals surface area contributed by atoms with Gasteiger partial charge in [-0.1, -0.05) is 24.3 Å². The minimum Gasteiger partial charge on any atom is -0.463 e. The maximum Gasteiger partial charge on any atom is 0.316 e. The van der Waals surface area contributed by atoms with Gasteiger partial charge in [0.05, 0.1) is 6.61 Å². The van der Waals surface area contributed by atoms with Gasteiger partial charge in [-0.05, 0) is 43.0 Å². The number of aromatic nitrogens is 2. The molecule has 1 unspecified atom stereocenters. The molecule has 1 aliphatic carbocycles. The van der Waals surface area contributed by atoms with Gasteiger partial charge in [-0.15, -0.1) is 11.8 Å². The molecule has 0 spiro atoms. The van der Waals surface area contributed by atoms with Gasteiger partial charge in [0.2, 0.25) is 0 Å². The molecule has 4 nitrogen and oxygen atoms in total. The fourth-order valence-electron chi connectivity index (χ4n) is 3.15. The summed E-state index contributed by atoms with van der Waals surface area (Å²) in [5.41, 5.74) is 3.68. The van der Waals surface area contributed by atoms with Crippen molar-refractivity contribution in [2.45, 2.75) is 18.1 Å². The molecule has 3 heterocycles. The molecular weight excluding hydrogens is 306 g/mol. The fourth-order valence-corrected chi connectivity index (χ4v) is 4.25. The lowest BCUT2D eigenvalue weighted by Crippen LogP contribution is -2.30. The second-order valence-electron chi connectivity index (χ2n) is 6.17. The average molecular weight is 327 g/mol. The maximum atomic E-state index is 5.76. The highest BCUT2D eigenvalue weighted by Gasteiger charge is 2.20. The first kappa shape index (κ1) is 15.0. The molecule has 0 amide bonds. The van der Waals surface area contributed by atoms with Gasteiger partial charge in [-0.3, -0.25) is 0 Å². The second-order valence-corrected chi connectivity index (χ2v) is 7.35. The van der Waals surface area contributed by atoms with E-state index in [0.29, 0.717) is 17.2 Å². The van der Waals surface area contributed by atoms with Crippen molar-refractivity contribution in [1.82, 2.24) is 15.3 Å². The van der Waals surface area contributed by atoms with E-state index in [1.165, 1.54) is 24.0 Å². The van der Waals surface area contributed by atoms with Crippen LogP contribution in [0.3, 0.4) is 0 Å². The highest BCUT2D eigenvalue weighted by molar-refractivity contribution is 8.00. The summed E-state index contributed by atoms with van der Waals surface area (Å²) in [6.07, 6.45) is 15.1. The Morgan fingerprint density at radius 2 is 2.00 bits per heavy atom. The van der Waals surface area contributed by atoms with Crippen molar-refractivity contribution in [1.29, 1.82) is 0 Å². The molecular formula is C18H21N3OS. The number of piperidine rings is 1. The van der Waals surface area contributed by atoms with Crippen LogP contribution in [0.2, 0.25) is 0 Å². The molecule has 2 aliphatic heterocycles. The van der Waals surface area contributed by atoms with Crippen molar-refractivity contribution in [3.05, 3.63) is 47.8 Å². The van der Waals surface area contributed by atoms with Crippen LogP contribution < -0.4 is 10.1 Å². The number of ether oxygens (including phenoxy) is 1. The standard InChI is InChI=1S/C18H21N3OS/c1-2-15(9-17-14(1)5-8-23-17)16-10-20-18(21-11-16)22-12-13-3-6-19-7-4-13/h1-2,5,9-11,13,17,19H,3-4,6-8,12H2. The summed E-state index contributed by atoms with van der Waals surface area (Å²) in [6, 6.07) is 0.489. The number of hydrogen-bond donors (Lipinski definition) is 1. The fraction of sp³-hybridized carbons (Fsp3) is 0.444. The molecule has 3 aliphatic rings. The van der Waals surface area contributed by atoms with Crippen molar-refractivity contribution in [3.8, 4) is 6.01 Å². The first-order chi connectivity index (χ1) is 11.4. The van der Waals surface area contributed by atoms with Gasteiger partial charge < -0.3 is 10.1 Å². The van der Waals surface area contributed by atoms with Gasteiger partial charge >= 0.3 is 6.01 Å².